The average Bonchev–Trinajstić information content (AvgIpc) is 2.74. The van der Waals surface area contributed by atoms with Crippen LogP contribution < -0.4 is 27.0 Å². The number of benzene rings is 1. The van der Waals surface area contributed by atoms with Gasteiger partial charge >= 0.3 is 5.97 Å². The number of hydrogen-bond donors (Lipinski definition) is 8. The molecular weight excluding hydrogens is 414 g/mol. The van der Waals surface area contributed by atoms with Crippen LogP contribution in [0.2, 0.25) is 0 Å². The second-order valence-corrected chi connectivity index (χ2v) is 6.33. The molecule has 0 aliphatic carbocycles. The molecule has 0 fully saturated rings. The van der Waals surface area contributed by atoms with Crippen LogP contribution in [-0.4, -0.2) is 83.2 Å². The third-order valence-electron chi connectivity index (χ3n) is 3.89. The van der Waals surface area contributed by atoms with Gasteiger partial charge in [0.15, 0.2) is 0 Å². The fraction of sp³-hybridized carbons (Fsp3) is 0.389. The Hall–Kier alpha value is -3.71. The maximum absolute atomic E-state index is 12.6. The van der Waals surface area contributed by atoms with Crippen LogP contribution in [0, 0.1) is 0 Å². The molecule has 1 aromatic rings. The molecule has 9 N–H and O–H groups in total. The number of rotatable bonds is 12. The number of carbonyl (C=O) groups is 5. The van der Waals surface area contributed by atoms with E-state index in [0.717, 1.165) is 0 Å². The van der Waals surface area contributed by atoms with Gasteiger partial charge in [-0.05, 0) is 17.7 Å². The van der Waals surface area contributed by atoms with E-state index in [9.17, 15) is 34.2 Å². The van der Waals surface area contributed by atoms with Gasteiger partial charge in [-0.1, -0.05) is 12.1 Å². The summed E-state index contributed by atoms with van der Waals surface area (Å²) in [5.74, 6) is -4.34. The molecule has 0 bridgehead atoms. The van der Waals surface area contributed by atoms with E-state index in [0.29, 0.717) is 5.56 Å². The quantitative estimate of drug-likeness (QED) is 0.160. The van der Waals surface area contributed by atoms with Gasteiger partial charge in [-0.25, -0.2) is 0 Å². The highest BCUT2D eigenvalue weighted by atomic mass is 16.4. The lowest BCUT2D eigenvalue weighted by atomic mass is 10.0. The Bertz CT molecular complexity index is 799. The van der Waals surface area contributed by atoms with Gasteiger partial charge in [0.1, 0.15) is 24.4 Å². The summed E-state index contributed by atoms with van der Waals surface area (Å²) in [5, 5.41) is 36.1. The number of hydrogen-bond acceptors (Lipinski definition) is 8. The molecule has 2 atom stereocenters. The molecule has 4 amide bonds. The number of aliphatic hydroxyl groups is 1. The number of amides is 4. The van der Waals surface area contributed by atoms with Gasteiger partial charge in [0, 0.05) is 6.42 Å². The molecule has 0 saturated carbocycles. The van der Waals surface area contributed by atoms with Crippen molar-refractivity contribution in [3.8, 4) is 5.75 Å². The molecule has 1 aromatic carbocycles. The number of phenols is 1. The van der Waals surface area contributed by atoms with Gasteiger partial charge in [-0.15, -0.1) is 0 Å². The second-order valence-electron chi connectivity index (χ2n) is 6.33. The average molecular weight is 439 g/mol. The van der Waals surface area contributed by atoms with Gasteiger partial charge in [0.2, 0.25) is 23.6 Å². The monoisotopic (exact) mass is 439 g/mol. The molecule has 0 radical (unpaired) electrons. The van der Waals surface area contributed by atoms with E-state index >= 15 is 0 Å². The third kappa shape index (κ3) is 9.56. The Labute approximate surface area is 177 Å². The van der Waals surface area contributed by atoms with Crippen LogP contribution in [0.1, 0.15) is 5.56 Å². The molecule has 1 rings (SSSR count). The van der Waals surface area contributed by atoms with E-state index in [-0.39, 0.29) is 18.7 Å². The number of aromatic hydroxyl groups is 1. The maximum Gasteiger partial charge on any atom is 0.322 e. The predicted octanol–water partition coefficient (Wildman–Crippen LogP) is -3.83. The van der Waals surface area contributed by atoms with Crippen molar-refractivity contribution in [2.24, 2.45) is 5.73 Å². The van der Waals surface area contributed by atoms with E-state index in [4.69, 9.17) is 10.8 Å². The molecule has 31 heavy (non-hydrogen) atoms. The maximum atomic E-state index is 12.6. The number of nitrogens with two attached hydrogens (primary N) is 1. The van der Waals surface area contributed by atoms with Gasteiger partial charge in [0.05, 0.1) is 19.7 Å². The van der Waals surface area contributed by atoms with Crippen molar-refractivity contribution in [3.05, 3.63) is 29.8 Å². The fourth-order valence-corrected chi connectivity index (χ4v) is 2.32. The van der Waals surface area contributed by atoms with Crippen molar-refractivity contribution in [1.82, 2.24) is 21.3 Å². The molecule has 0 heterocycles. The molecule has 0 aliphatic rings. The van der Waals surface area contributed by atoms with Crippen molar-refractivity contribution in [2.45, 2.75) is 18.5 Å². The van der Waals surface area contributed by atoms with E-state index in [1.165, 1.54) is 24.3 Å². The highest BCUT2D eigenvalue weighted by Gasteiger charge is 2.26. The Morgan fingerprint density at radius 3 is 2.06 bits per heavy atom. The minimum Gasteiger partial charge on any atom is -0.508 e. The normalized spacial score (nSPS) is 12.2. The number of phenolic OH excluding ortho intramolecular Hbond substituents is 1. The van der Waals surface area contributed by atoms with Crippen LogP contribution in [0.3, 0.4) is 0 Å². The summed E-state index contributed by atoms with van der Waals surface area (Å²) in [5.41, 5.74) is 5.86. The Kier molecular flexibility index (Phi) is 10.4. The number of carboxylic acid groups (broad SMARTS) is 1. The SMILES string of the molecule is NCC(=O)N[C@@H](Cc1ccc(O)cc1)C(=O)N[C@@H](CO)C(=O)NCC(=O)NCC(=O)O. The second kappa shape index (κ2) is 12.8. The van der Waals surface area contributed by atoms with Crippen LogP contribution in [0.25, 0.3) is 0 Å². The molecule has 170 valence electrons. The minimum atomic E-state index is -1.43. The molecule has 0 saturated heterocycles. The van der Waals surface area contributed by atoms with Crippen molar-refractivity contribution in [1.29, 1.82) is 0 Å². The minimum absolute atomic E-state index is 0.00914. The smallest absolute Gasteiger partial charge is 0.322 e. The van der Waals surface area contributed by atoms with Crippen LogP contribution >= 0.6 is 0 Å². The largest absolute Gasteiger partial charge is 0.508 e. The number of aliphatic hydroxyl groups excluding tert-OH is 1. The lowest BCUT2D eigenvalue weighted by Gasteiger charge is -2.22. The van der Waals surface area contributed by atoms with Crippen molar-refractivity contribution in [3.63, 3.8) is 0 Å². The van der Waals surface area contributed by atoms with Gasteiger partial charge in [0.25, 0.3) is 0 Å². The summed E-state index contributed by atoms with van der Waals surface area (Å²) in [4.78, 5) is 58.3. The van der Waals surface area contributed by atoms with Crippen LogP contribution in [0.5, 0.6) is 5.75 Å². The van der Waals surface area contributed by atoms with Crippen molar-refractivity contribution < 1.29 is 39.3 Å². The summed E-state index contributed by atoms with van der Waals surface area (Å²) >= 11 is 0. The topological polar surface area (TPSA) is 220 Å². The first-order valence-electron chi connectivity index (χ1n) is 9.11. The Morgan fingerprint density at radius 2 is 1.52 bits per heavy atom. The van der Waals surface area contributed by atoms with Crippen LogP contribution in [0.15, 0.2) is 24.3 Å². The van der Waals surface area contributed by atoms with E-state index in [2.05, 4.69) is 16.0 Å². The number of carbonyl (C=O) groups excluding carboxylic acids is 4. The first-order valence-corrected chi connectivity index (χ1v) is 9.11. The molecule has 13 nitrogen and oxygen atoms in total. The Balaban J connectivity index is 2.74. The van der Waals surface area contributed by atoms with Gasteiger partial charge in [-0.2, -0.15) is 0 Å². The van der Waals surface area contributed by atoms with Crippen molar-refractivity contribution >= 4 is 29.6 Å². The van der Waals surface area contributed by atoms with Gasteiger partial charge in [-0.3, -0.25) is 24.0 Å². The molecule has 0 spiro atoms. The highest BCUT2D eigenvalue weighted by molar-refractivity contribution is 5.94. The number of nitrogens with one attached hydrogen (secondary N) is 4. The fourth-order valence-electron chi connectivity index (χ4n) is 2.32. The first-order chi connectivity index (χ1) is 14.7. The molecule has 0 aliphatic heterocycles. The Morgan fingerprint density at radius 1 is 0.871 bits per heavy atom. The predicted molar refractivity (Wildman–Crippen MR) is 105 cm³/mol. The van der Waals surface area contributed by atoms with Crippen LogP contribution in [0.4, 0.5) is 0 Å². The number of carboxylic acids is 1. The van der Waals surface area contributed by atoms with Crippen molar-refractivity contribution in [2.75, 3.05) is 26.2 Å². The lowest BCUT2D eigenvalue weighted by molar-refractivity contribution is -0.138. The standard InChI is InChI=1S/C18H25N5O8/c19-6-14(26)22-12(5-10-1-3-11(25)4-2-10)18(31)23-13(9-24)17(30)21-7-15(27)20-8-16(28)29/h1-4,12-13,24-25H,5-9,19H2,(H,20,27)(H,21,30)(H,22,26)(H,23,31)(H,28,29)/t12-,13-/m0/s1. The summed E-state index contributed by atoms with van der Waals surface area (Å²) in [6, 6.07) is 3.30. The summed E-state index contributed by atoms with van der Waals surface area (Å²) in [6.07, 6.45) is 0.00914. The summed E-state index contributed by atoms with van der Waals surface area (Å²) in [7, 11) is 0. The lowest BCUT2D eigenvalue weighted by Crippen LogP contribution is -2.56. The van der Waals surface area contributed by atoms with Crippen LogP contribution in [-0.2, 0) is 30.4 Å². The molecule has 13 heteroatoms. The molecule has 0 aromatic heterocycles. The third-order valence-corrected chi connectivity index (χ3v) is 3.89. The molecular formula is C18H25N5O8. The first kappa shape index (κ1) is 25.3. The zero-order valence-corrected chi connectivity index (χ0v) is 16.5. The van der Waals surface area contributed by atoms with Gasteiger partial charge < -0.3 is 42.3 Å². The zero-order chi connectivity index (χ0) is 23.4. The number of aliphatic carboxylic acids is 1. The van der Waals surface area contributed by atoms with E-state index < -0.39 is 61.4 Å². The summed E-state index contributed by atoms with van der Waals surface area (Å²) in [6.45, 7) is -2.38. The summed E-state index contributed by atoms with van der Waals surface area (Å²) < 4.78 is 0. The van der Waals surface area contributed by atoms with E-state index in [1.807, 2.05) is 5.32 Å². The van der Waals surface area contributed by atoms with E-state index in [1.54, 1.807) is 0 Å². The highest BCUT2D eigenvalue weighted by Crippen LogP contribution is 2.11. The zero-order valence-electron chi connectivity index (χ0n) is 16.5. The molecule has 0 unspecified atom stereocenters.